The summed E-state index contributed by atoms with van der Waals surface area (Å²) in [6, 6.07) is 6.57. The van der Waals surface area contributed by atoms with Crippen LogP contribution < -0.4 is 10.6 Å². The van der Waals surface area contributed by atoms with Gasteiger partial charge in [0, 0.05) is 17.5 Å². The van der Waals surface area contributed by atoms with Crippen LogP contribution in [-0.2, 0) is 11.3 Å². The van der Waals surface area contributed by atoms with Crippen LogP contribution in [0, 0.1) is 6.92 Å². The van der Waals surface area contributed by atoms with Crippen molar-refractivity contribution in [1.29, 1.82) is 0 Å². The Morgan fingerprint density at radius 2 is 2.11 bits per heavy atom. The molecule has 0 atom stereocenters. The van der Waals surface area contributed by atoms with Gasteiger partial charge in [-0.15, -0.1) is 11.8 Å². The summed E-state index contributed by atoms with van der Waals surface area (Å²) < 4.78 is 0. The molecule has 18 heavy (non-hydrogen) atoms. The molecular weight excluding hydrogens is 244 g/mol. The number of hydrogen-bond donors (Lipinski definition) is 2. The molecule has 0 aliphatic heterocycles. The fraction of sp³-hybridized carbons (Fsp3) is 0.500. The van der Waals surface area contributed by atoms with Crippen LogP contribution in [0.3, 0.4) is 0 Å². The Hall–Kier alpha value is -1.00. The van der Waals surface area contributed by atoms with Crippen LogP contribution >= 0.6 is 11.8 Å². The zero-order chi connectivity index (χ0) is 13.5. The number of carbonyl (C=O) groups is 1. The van der Waals surface area contributed by atoms with Crippen molar-refractivity contribution in [1.82, 2.24) is 10.6 Å². The highest BCUT2D eigenvalue weighted by atomic mass is 32.2. The van der Waals surface area contributed by atoms with E-state index in [1.54, 1.807) is 11.8 Å². The Bertz CT molecular complexity index is 405. The minimum absolute atomic E-state index is 0.0914. The number of amides is 1. The Morgan fingerprint density at radius 3 is 2.67 bits per heavy atom. The third kappa shape index (κ3) is 5.10. The van der Waals surface area contributed by atoms with E-state index in [-0.39, 0.29) is 11.9 Å². The zero-order valence-corrected chi connectivity index (χ0v) is 12.4. The molecule has 0 bridgehead atoms. The Morgan fingerprint density at radius 1 is 1.39 bits per heavy atom. The van der Waals surface area contributed by atoms with Gasteiger partial charge in [-0.3, -0.25) is 4.79 Å². The van der Waals surface area contributed by atoms with E-state index in [1.165, 1.54) is 16.0 Å². The van der Waals surface area contributed by atoms with Crippen molar-refractivity contribution >= 4 is 17.7 Å². The molecule has 0 unspecified atom stereocenters. The standard InChI is InChI=1S/C14H22N2OS/c1-10(2)16-14(17)9-18-13-6-5-12(8-15-4)7-11(13)3/h5-7,10,15H,8-9H2,1-4H3,(H,16,17). The number of aryl methyl sites for hydroxylation is 1. The van der Waals surface area contributed by atoms with E-state index in [9.17, 15) is 4.79 Å². The molecule has 0 saturated heterocycles. The van der Waals surface area contributed by atoms with Crippen molar-refractivity contribution in [3.8, 4) is 0 Å². The molecule has 0 radical (unpaired) electrons. The molecule has 100 valence electrons. The van der Waals surface area contributed by atoms with Gasteiger partial charge >= 0.3 is 0 Å². The van der Waals surface area contributed by atoms with Crippen molar-refractivity contribution in [3.05, 3.63) is 29.3 Å². The van der Waals surface area contributed by atoms with Crippen molar-refractivity contribution in [2.75, 3.05) is 12.8 Å². The third-order valence-corrected chi connectivity index (χ3v) is 3.60. The van der Waals surface area contributed by atoms with Gasteiger partial charge in [-0.05, 0) is 45.0 Å². The monoisotopic (exact) mass is 266 g/mol. The van der Waals surface area contributed by atoms with Crippen LogP contribution in [0.1, 0.15) is 25.0 Å². The second kappa shape index (κ2) is 7.44. The normalized spacial score (nSPS) is 10.7. The molecule has 0 saturated carbocycles. The Balaban J connectivity index is 2.55. The molecule has 1 rings (SSSR count). The summed E-state index contributed by atoms with van der Waals surface area (Å²) in [6.45, 7) is 6.90. The highest BCUT2D eigenvalue weighted by Gasteiger charge is 2.06. The SMILES string of the molecule is CNCc1ccc(SCC(=O)NC(C)C)c(C)c1. The van der Waals surface area contributed by atoms with Crippen LogP contribution in [0.2, 0.25) is 0 Å². The lowest BCUT2D eigenvalue weighted by Gasteiger charge is -2.10. The molecule has 4 heteroatoms. The van der Waals surface area contributed by atoms with Gasteiger partial charge in [-0.25, -0.2) is 0 Å². The quantitative estimate of drug-likeness (QED) is 0.777. The van der Waals surface area contributed by atoms with Gasteiger partial charge in [0.25, 0.3) is 0 Å². The zero-order valence-electron chi connectivity index (χ0n) is 11.5. The summed E-state index contributed by atoms with van der Waals surface area (Å²) in [5.41, 5.74) is 2.50. The van der Waals surface area contributed by atoms with Gasteiger partial charge in [-0.2, -0.15) is 0 Å². The highest BCUT2D eigenvalue weighted by molar-refractivity contribution is 8.00. The van der Waals surface area contributed by atoms with Crippen LogP contribution in [0.5, 0.6) is 0 Å². The number of nitrogens with one attached hydrogen (secondary N) is 2. The third-order valence-electron chi connectivity index (χ3n) is 2.43. The summed E-state index contributed by atoms with van der Waals surface area (Å²) >= 11 is 1.59. The van der Waals surface area contributed by atoms with Crippen LogP contribution in [0.25, 0.3) is 0 Å². The molecule has 1 aromatic rings. The van der Waals surface area contributed by atoms with Crippen LogP contribution in [-0.4, -0.2) is 24.7 Å². The van der Waals surface area contributed by atoms with Crippen molar-refractivity contribution in [2.45, 2.75) is 38.3 Å². The second-order valence-corrected chi connectivity index (χ2v) is 5.66. The molecule has 1 aromatic carbocycles. The number of carbonyl (C=O) groups excluding carboxylic acids is 1. The average Bonchev–Trinajstić information content (AvgIpc) is 2.27. The Kier molecular flexibility index (Phi) is 6.22. The van der Waals surface area contributed by atoms with Crippen molar-refractivity contribution in [2.24, 2.45) is 0 Å². The van der Waals surface area contributed by atoms with E-state index in [0.29, 0.717) is 5.75 Å². The lowest BCUT2D eigenvalue weighted by Crippen LogP contribution is -2.31. The maximum Gasteiger partial charge on any atom is 0.230 e. The second-order valence-electron chi connectivity index (χ2n) is 4.64. The number of hydrogen-bond acceptors (Lipinski definition) is 3. The molecule has 0 aliphatic rings. The molecule has 3 nitrogen and oxygen atoms in total. The number of benzene rings is 1. The molecular formula is C14H22N2OS. The summed E-state index contributed by atoms with van der Waals surface area (Å²) in [5.74, 6) is 0.568. The van der Waals surface area contributed by atoms with E-state index < -0.39 is 0 Å². The Labute approximate surface area is 114 Å². The lowest BCUT2D eigenvalue weighted by molar-refractivity contribution is -0.119. The first-order valence-electron chi connectivity index (χ1n) is 6.19. The van der Waals surface area contributed by atoms with Crippen LogP contribution in [0.4, 0.5) is 0 Å². The minimum atomic E-state index is 0.0914. The fourth-order valence-corrected chi connectivity index (χ4v) is 2.52. The van der Waals surface area contributed by atoms with Gasteiger partial charge in [0.2, 0.25) is 5.91 Å². The largest absolute Gasteiger partial charge is 0.353 e. The van der Waals surface area contributed by atoms with E-state index in [0.717, 1.165) is 6.54 Å². The molecule has 0 fully saturated rings. The molecule has 0 spiro atoms. The fourth-order valence-electron chi connectivity index (χ4n) is 1.69. The van der Waals surface area contributed by atoms with Gasteiger partial charge < -0.3 is 10.6 Å². The van der Waals surface area contributed by atoms with Crippen molar-refractivity contribution in [3.63, 3.8) is 0 Å². The molecule has 2 N–H and O–H groups in total. The van der Waals surface area contributed by atoms with Crippen LogP contribution in [0.15, 0.2) is 23.1 Å². The van der Waals surface area contributed by atoms with E-state index in [2.05, 4.69) is 35.8 Å². The lowest BCUT2D eigenvalue weighted by atomic mass is 10.1. The highest BCUT2D eigenvalue weighted by Crippen LogP contribution is 2.23. The van der Waals surface area contributed by atoms with E-state index >= 15 is 0 Å². The minimum Gasteiger partial charge on any atom is -0.353 e. The predicted octanol–water partition coefficient (Wildman–Crippen LogP) is 2.33. The number of rotatable bonds is 6. The maximum atomic E-state index is 11.6. The van der Waals surface area contributed by atoms with E-state index in [1.807, 2.05) is 20.9 Å². The summed E-state index contributed by atoms with van der Waals surface area (Å²) in [7, 11) is 1.94. The van der Waals surface area contributed by atoms with E-state index in [4.69, 9.17) is 0 Å². The van der Waals surface area contributed by atoms with Gasteiger partial charge in [0.1, 0.15) is 0 Å². The predicted molar refractivity (Wildman–Crippen MR) is 77.9 cm³/mol. The summed E-state index contributed by atoms with van der Waals surface area (Å²) in [4.78, 5) is 12.7. The molecule has 1 amide bonds. The summed E-state index contributed by atoms with van der Waals surface area (Å²) in [5, 5.41) is 6.03. The smallest absolute Gasteiger partial charge is 0.230 e. The molecule has 0 aromatic heterocycles. The van der Waals surface area contributed by atoms with Crippen molar-refractivity contribution < 1.29 is 4.79 Å². The van der Waals surface area contributed by atoms with Gasteiger partial charge in [0.15, 0.2) is 0 Å². The first-order chi connectivity index (χ1) is 8.52. The van der Waals surface area contributed by atoms with Gasteiger partial charge in [0.05, 0.1) is 5.75 Å². The molecule has 0 heterocycles. The van der Waals surface area contributed by atoms with Gasteiger partial charge in [-0.1, -0.05) is 12.1 Å². The topological polar surface area (TPSA) is 41.1 Å². The first kappa shape index (κ1) is 15.1. The maximum absolute atomic E-state index is 11.6. The average molecular weight is 266 g/mol. The first-order valence-corrected chi connectivity index (χ1v) is 7.17. The summed E-state index contributed by atoms with van der Waals surface area (Å²) in [6.07, 6.45) is 0. The molecule has 0 aliphatic carbocycles. The number of thioether (sulfide) groups is 1.